The minimum atomic E-state index is -4.54. The molecule has 2 fully saturated rings. The molecule has 2 aliphatic rings. The van der Waals surface area contributed by atoms with Gasteiger partial charge in [-0.2, -0.15) is 15.4 Å². The molecule has 1 aromatic carbocycles. The molecule has 5 rings (SSSR count). The fraction of sp³-hybridized carbons (Fsp3) is 0.484. The number of para-hydroxylation sites is 1. The van der Waals surface area contributed by atoms with Gasteiger partial charge in [0, 0.05) is 27.1 Å². The second kappa shape index (κ2) is 15.3. The molecule has 0 spiro atoms. The van der Waals surface area contributed by atoms with Crippen molar-refractivity contribution in [3.8, 4) is 11.8 Å². The number of nitrogens with one attached hydrogen (secondary N) is 1. The van der Waals surface area contributed by atoms with Crippen molar-refractivity contribution in [3.63, 3.8) is 0 Å². The summed E-state index contributed by atoms with van der Waals surface area (Å²) in [5, 5.41) is 17.4. The maximum Gasteiger partial charge on any atom is 0.459 e. The molecule has 4 heterocycles. The first-order valence-electron chi connectivity index (χ1n) is 15.5. The quantitative estimate of drug-likeness (QED) is 0.148. The molecule has 3 aromatic rings. The minimum absolute atomic E-state index is 0.114. The zero-order valence-electron chi connectivity index (χ0n) is 27.1. The molecule has 49 heavy (non-hydrogen) atoms. The van der Waals surface area contributed by atoms with E-state index in [0.717, 1.165) is 26.7 Å². The van der Waals surface area contributed by atoms with Crippen LogP contribution in [-0.2, 0) is 47.2 Å². The van der Waals surface area contributed by atoms with Crippen molar-refractivity contribution >= 4 is 37.0 Å². The number of benzene rings is 1. The number of ether oxygens (including phenoxy) is 5. The van der Waals surface area contributed by atoms with Crippen LogP contribution in [0.5, 0.6) is 5.75 Å². The van der Waals surface area contributed by atoms with Crippen LogP contribution < -0.4 is 15.3 Å². The number of rotatable bonds is 13. The summed E-state index contributed by atoms with van der Waals surface area (Å²) >= 11 is 0. The number of nitrogens with zero attached hydrogens (tertiary/aromatic N) is 4. The van der Waals surface area contributed by atoms with Crippen molar-refractivity contribution in [1.29, 1.82) is 5.26 Å². The van der Waals surface area contributed by atoms with Crippen LogP contribution in [0.4, 0.5) is 5.82 Å². The molecule has 0 radical (unpaired) electrons. The first-order chi connectivity index (χ1) is 23.4. The predicted octanol–water partition coefficient (Wildman–Crippen LogP) is 2.66. The Morgan fingerprint density at radius 1 is 1.14 bits per heavy atom. The van der Waals surface area contributed by atoms with Gasteiger partial charge in [-0.05, 0) is 49.9 Å². The predicted molar refractivity (Wildman–Crippen MR) is 168 cm³/mol. The average Bonchev–Trinajstić information content (AvgIpc) is 3.63. The summed E-state index contributed by atoms with van der Waals surface area (Å²) in [5.41, 5.74) is 4.43. The number of aromatic nitrogens is 3. The minimum Gasteiger partial charge on any atom is -0.464 e. The Labute approximate surface area is 281 Å². The number of nitrogen functional groups attached to an aromatic ring is 1. The molecule has 0 bridgehead atoms. The van der Waals surface area contributed by atoms with Gasteiger partial charge in [0.15, 0.2) is 18.0 Å². The van der Waals surface area contributed by atoms with Crippen LogP contribution in [0, 0.1) is 17.2 Å². The third-order valence-electron chi connectivity index (χ3n) is 7.91. The summed E-state index contributed by atoms with van der Waals surface area (Å²) in [5.74, 6) is -1.94. The van der Waals surface area contributed by atoms with E-state index in [1.807, 2.05) is 6.07 Å². The molecule has 2 saturated heterocycles. The molecule has 1 unspecified atom stereocenters. The lowest BCUT2D eigenvalue weighted by atomic mass is 9.95. The number of fused-ring (bicyclic) bond motifs is 1. The highest BCUT2D eigenvalue weighted by molar-refractivity contribution is 7.52. The van der Waals surface area contributed by atoms with Crippen LogP contribution in [0.2, 0.25) is 0 Å². The molecule has 2 aromatic heterocycles. The summed E-state index contributed by atoms with van der Waals surface area (Å²) < 4.78 is 55.5. The highest BCUT2D eigenvalue weighted by Crippen LogP contribution is 2.50. The Bertz CT molecular complexity index is 1740. The van der Waals surface area contributed by atoms with Crippen molar-refractivity contribution in [2.45, 2.75) is 63.6 Å². The van der Waals surface area contributed by atoms with E-state index in [1.165, 1.54) is 29.9 Å². The Hall–Kier alpha value is -4.59. The normalized spacial score (nSPS) is 24.3. The van der Waals surface area contributed by atoms with Gasteiger partial charge in [0.2, 0.25) is 5.60 Å². The lowest BCUT2D eigenvalue weighted by Gasteiger charge is -2.30. The zero-order valence-corrected chi connectivity index (χ0v) is 27.9. The molecule has 0 saturated carbocycles. The zero-order chi connectivity index (χ0) is 35.2. The Morgan fingerprint density at radius 3 is 2.53 bits per heavy atom. The maximum atomic E-state index is 14.4. The van der Waals surface area contributed by atoms with E-state index in [1.54, 1.807) is 30.3 Å². The van der Waals surface area contributed by atoms with E-state index in [0.29, 0.717) is 18.7 Å². The summed E-state index contributed by atoms with van der Waals surface area (Å²) in [6.45, 7) is 4.10. The van der Waals surface area contributed by atoms with Gasteiger partial charge in [0.05, 0.1) is 12.3 Å². The molecular formula is C31H37N6O11P. The number of hydrogen-bond acceptors (Lipinski definition) is 15. The number of hydrogen-bond donors (Lipinski definition) is 2. The van der Waals surface area contributed by atoms with Gasteiger partial charge < -0.3 is 33.9 Å². The number of anilines is 1. The van der Waals surface area contributed by atoms with Crippen LogP contribution in [0.15, 0.2) is 48.8 Å². The summed E-state index contributed by atoms with van der Waals surface area (Å²) in [7, 11) is -4.54. The Morgan fingerprint density at radius 2 is 1.86 bits per heavy atom. The standard InChI is InChI=1S/C31H37N6O11P/c1-19(30(40)43-15-22-11-13-42-14-12-22)36-49(41,48-23-7-5-4-6-8-23)44-17-31(16-32)28(46-21(3)39)27(45-20(2)38)26(47-31)24-9-10-25-29(33)34-18-35-37(24)25/h4-10,18-19,22,26-28H,11-15,17H2,1-3H3,(H,36,41)(H2,33,34,35)/t19-,26-,27+,28-,31+,49?/m0/s1. The number of esters is 3. The van der Waals surface area contributed by atoms with Crippen LogP contribution in [0.1, 0.15) is 45.4 Å². The monoisotopic (exact) mass is 700 g/mol. The molecule has 0 amide bonds. The fourth-order valence-electron chi connectivity index (χ4n) is 5.52. The van der Waals surface area contributed by atoms with Gasteiger partial charge in [-0.15, -0.1) is 0 Å². The van der Waals surface area contributed by atoms with Crippen molar-refractivity contribution in [2.24, 2.45) is 5.92 Å². The lowest BCUT2D eigenvalue weighted by Crippen LogP contribution is -2.49. The molecule has 6 atom stereocenters. The number of nitrogens with two attached hydrogens (primary N) is 1. The van der Waals surface area contributed by atoms with E-state index in [-0.39, 0.29) is 29.8 Å². The van der Waals surface area contributed by atoms with E-state index in [2.05, 4.69) is 15.2 Å². The highest BCUT2D eigenvalue weighted by atomic mass is 31.2. The van der Waals surface area contributed by atoms with Gasteiger partial charge >= 0.3 is 25.7 Å². The van der Waals surface area contributed by atoms with Gasteiger partial charge in [0.25, 0.3) is 0 Å². The van der Waals surface area contributed by atoms with Gasteiger partial charge in [-0.3, -0.25) is 18.9 Å². The van der Waals surface area contributed by atoms with Gasteiger partial charge in [-0.1, -0.05) is 18.2 Å². The highest BCUT2D eigenvalue weighted by Gasteiger charge is 2.62. The van der Waals surface area contributed by atoms with Crippen molar-refractivity contribution < 1.29 is 51.7 Å². The van der Waals surface area contributed by atoms with E-state index >= 15 is 0 Å². The second-order valence-electron chi connectivity index (χ2n) is 11.6. The smallest absolute Gasteiger partial charge is 0.459 e. The largest absolute Gasteiger partial charge is 0.464 e. The van der Waals surface area contributed by atoms with Gasteiger partial charge in [-0.25, -0.2) is 14.1 Å². The van der Waals surface area contributed by atoms with E-state index < -0.39 is 62.2 Å². The van der Waals surface area contributed by atoms with Crippen LogP contribution >= 0.6 is 7.75 Å². The van der Waals surface area contributed by atoms with Gasteiger partial charge in [0.1, 0.15) is 42.4 Å². The third kappa shape index (κ3) is 8.35. The second-order valence-corrected chi connectivity index (χ2v) is 13.3. The molecule has 3 N–H and O–H groups in total. The van der Waals surface area contributed by atoms with E-state index in [9.17, 15) is 24.2 Å². The third-order valence-corrected chi connectivity index (χ3v) is 9.53. The maximum absolute atomic E-state index is 14.4. The molecule has 17 nitrogen and oxygen atoms in total. The van der Waals surface area contributed by atoms with Crippen molar-refractivity contribution in [2.75, 3.05) is 32.2 Å². The van der Waals surface area contributed by atoms with E-state index in [4.69, 9.17) is 38.5 Å². The summed E-state index contributed by atoms with van der Waals surface area (Å²) in [4.78, 5) is 41.6. The average molecular weight is 701 g/mol. The van der Waals surface area contributed by atoms with Crippen LogP contribution in [0.3, 0.4) is 0 Å². The SMILES string of the molecule is CC(=O)O[C@@H]1[C@H](c2ccc3c(N)ncnn23)O[C@](C#N)(COP(=O)(N[C@@H](C)C(=O)OCC2CCOCC2)Oc2ccccc2)[C@H]1OC(C)=O. The Kier molecular flexibility index (Phi) is 11.2. The Balaban J connectivity index is 1.44. The molecular weight excluding hydrogens is 663 g/mol. The van der Waals surface area contributed by atoms with Crippen LogP contribution in [0.25, 0.3) is 5.52 Å². The van der Waals surface area contributed by atoms with Crippen LogP contribution in [-0.4, -0.2) is 82.8 Å². The van der Waals surface area contributed by atoms with Crippen molar-refractivity contribution in [3.05, 3.63) is 54.5 Å². The molecule has 0 aliphatic carbocycles. The topological polar surface area (TPSA) is 225 Å². The lowest BCUT2D eigenvalue weighted by molar-refractivity contribution is -0.166. The first-order valence-corrected chi connectivity index (χ1v) is 17.0. The number of carbonyl (C=O) groups is 3. The first kappa shape index (κ1) is 35.7. The summed E-state index contributed by atoms with van der Waals surface area (Å²) in [6.07, 6.45) is -1.59. The molecule has 2 aliphatic heterocycles. The molecule has 18 heteroatoms. The number of carbonyl (C=O) groups excluding carboxylic acids is 3. The number of nitriles is 1. The van der Waals surface area contributed by atoms with Crippen molar-refractivity contribution in [1.82, 2.24) is 19.7 Å². The summed E-state index contributed by atoms with van der Waals surface area (Å²) in [6, 6.07) is 11.9. The fourth-order valence-corrected chi connectivity index (χ4v) is 7.04. The molecule has 262 valence electrons.